The Bertz CT molecular complexity index is 554. The van der Waals surface area contributed by atoms with Crippen LogP contribution in [0.2, 0.25) is 0 Å². The van der Waals surface area contributed by atoms with Crippen LogP contribution in [0, 0.1) is 6.92 Å². The lowest BCUT2D eigenvalue weighted by atomic mass is 10.4. The normalized spacial score (nSPS) is 10.1. The molecule has 0 spiro atoms. The Hall–Kier alpha value is -2.02. The fourth-order valence-corrected chi connectivity index (χ4v) is 2.04. The number of carbonyl (C=O) groups excluding carboxylic acids is 1. The van der Waals surface area contributed by atoms with E-state index in [1.165, 1.54) is 17.5 Å². The molecule has 0 aliphatic heterocycles. The highest BCUT2D eigenvalue weighted by atomic mass is 32.1. The second kappa shape index (κ2) is 5.54. The summed E-state index contributed by atoms with van der Waals surface area (Å²) in [7, 11) is 1.73. The molecule has 6 nitrogen and oxygen atoms in total. The Morgan fingerprint density at radius 1 is 1.39 bits per heavy atom. The summed E-state index contributed by atoms with van der Waals surface area (Å²) in [6, 6.07) is 0. The summed E-state index contributed by atoms with van der Waals surface area (Å²) in [4.78, 5) is 24.1. The van der Waals surface area contributed by atoms with Gasteiger partial charge >= 0.3 is 0 Å². The molecule has 2 aromatic heterocycles. The van der Waals surface area contributed by atoms with Crippen LogP contribution in [0.5, 0.6) is 0 Å². The van der Waals surface area contributed by atoms with Gasteiger partial charge in [-0.2, -0.15) is 0 Å². The molecule has 2 aromatic rings. The third-order valence-electron chi connectivity index (χ3n) is 2.19. The van der Waals surface area contributed by atoms with Crippen molar-refractivity contribution in [2.75, 3.05) is 12.4 Å². The number of aryl methyl sites for hydroxylation is 1. The first-order valence-corrected chi connectivity index (χ1v) is 6.26. The van der Waals surface area contributed by atoms with Gasteiger partial charge in [-0.15, -0.1) is 11.3 Å². The molecule has 18 heavy (non-hydrogen) atoms. The molecule has 0 aromatic carbocycles. The number of anilines is 1. The van der Waals surface area contributed by atoms with Gasteiger partial charge in [0.25, 0.3) is 5.91 Å². The zero-order chi connectivity index (χ0) is 13.0. The highest BCUT2D eigenvalue weighted by molar-refractivity contribution is 7.09. The zero-order valence-corrected chi connectivity index (χ0v) is 10.9. The molecule has 94 valence electrons. The third-order valence-corrected chi connectivity index (χ3v) is 3.16. The number of aromatic nitrogens is 3. The fraction of sp³-hybridized carbons (Fsp3) is 0.273. The molecule has 0 bridgehead atoms. The lowest BCUT2D eigenvalue weighted by Crippen LogP contribution is -2.24. The van der Waals surface area contributed by atoms with E-state index in [0.717, 1.165) is 10.7 Å². The van der Waals surface area contributed by atoms with Crippen molar-refractivity contribution in [1.29, 1.82) is 0 Å². The van der Waals surface area contributed by atoms with Gasteiger partial charge < -0.3 is 10.6 Å². The molecule has 0 unspecified atom stereocenters. The standard InChI is InChI=1S/C11H13N5OS/c1-7-6-18-10(15-7)5-14-11(17)8-3-13-4-9(12-2)16-8/h3-4,6H,5H2,1-2H3,(H,12,16)(H,14,17). The molecular weight excluding hydrogens is 250 g/mol. The van der Waals surface area contributed by atoms with Crippen molar-refractivity contribution in [3.63, 3.8) is 0 Å². The van der Waals surface area contributed by atoms with Gasteiger partial charge in [-0.05, 0) is 6.92 Å². The monoisotopic (exact) mass is 263 g/mol. The van der Waals surface area contributed by atoms with E-state index in [2.05, 4.69) is 25.6 Å². The summed E-state index contributed by atoms with van der Waals surface area (Å²) in [6.45, 7) is 2.33. The van der Waals surface area contributed by atoms with Crippen molar-refractivity contribution in [1.82, 2.24) is 20.3 Å². The molecule has 0 aliphatic rings. The molecular formula is C11H13N5OS. The Morgan fingerprint density at radius 3 is 2.89 bits per heavy atom. The highest BCUT2D eigenvalue weighted by Gasteiger charge is 2.09. The minimum Gasteiger partial charge on any atom is -0.372 e. The Balaban J connectivity index is 1.99. The largest absolute Gasteiger partial charge is 0.372 e. The van der Waals surface area contributed by atoms with E-state index in [1.807, 2.05) is 12.3 Å². The summed E-state index contributed by atoms with van der Waals surface area (Å²) < 4.78 is 0. The maximum Gasteiger partial charge on any atom is 0.271 e. The van der Waals surface area contributed by atoms with E-state index in [9.17, 15) is 4.79 Å². The molecule has 0 radical (unpaired) electrons. The van der Waals surface area contributed by atoms with Crippen LogP contribution < -0.4 is 10.6 Å². The molecule has 1 amide bonds. The molecule has 2 N–H and O–H groups in total. The van der Waals surface area contributed by atoms with Gasteiger partial charge in [-0.1, -0.05) is 0 Å². The molecule has 2 heterocycles. The molecule has 0 saturated carbocycles. The summed E-state index contributed by atoms with van der Waals surface area (Å²) >= 11 is 1.52. The van der Waals surface area contributed by atoms with E-state index in [1.54, 1.807) is 13.2 Å². The first kappa shape index (κ1) is 12.4. The minimum absolute atomic E-state index is 0.257. The van der Waals surface area contributed by atoms with Gasteiger partial charge in [0.15, 0.2) is 0 Å². The van der Waals surface area contributed by atoms with Crippen molar-refractivity contribution in [2.45, 2.75) is 13.5 Å². The van der Waals surface area contributed by atoms with Crippen molar-refractivity contribution in [3.8, 4) is 0 Å². The first-order chi connectivity index (χ1) is 8.69. The number of nitrogens with zero attached hydrogens (tertiary/aromatic N) is 3. The van der Waals surface area contributed by atoms with Gasteiger partial charge in [-0.3, -0.25) is 9.78 Å². The van der Waals surface area contributed by atoms with Gasteiger partial charge in [0.05, 0.1) is 18.9 Å². The van der Waals surface area contributed by atoms with Crippen LogP contribution in [-0.4, -0.2) is 27.9 Å². The smallest absolute Gasteiger partial charge is 0.271 e. The average Bonchev–Trinajstić information content (AvgIpc) is 2.82. The third kappa shape index (κ3) is 3.01. The maximum absolute atomic E-state index is 11.8. The summed E-state index contributed by atoms with van der Waals surface area (Å²) in [5, 5.41) is 8.42. The molecule has 0 aliphatic carbocycles. The topological polar surface area (TPSA) is 79.8 Å². The van der Waals surface area contributed by atoms with Gasteiger partial charge in [0, 0.05) is 18.1 Å². The maximum atomic E-state index is 11.8. The van der Waals surface area contributed by atoms with Crippen LogP contribution in [0.3, 0.4) is 0 Å². The predicted octanol–water partition coefficient (Wildman–Crippen LogP) is 1.21. The van der Waals surface area contributed by atoms with E-state index in [-0.39, 0.29) is 11.6 Å². The Morgan fingerprint density at radius 2 is 2.22 bits per heavy atom. The molecule has 0 saturated heterocycles. The Labute approximate surface area is 109 Å². The number of carbonyl (C=O) groups is 1. The van der Waals surface area contributed by atoms with Gasteiger partial charge in [0.2, 0.25) is 0 Å². The second-order valence-corrected chi connectivity index (χ2v) is 4.55. The summed E-state index contributed by atoms with van der Waals surface area (Å²) in [5.41, 5.74) is 1.25. The number of thiazole rings is 1. The molecule has 7 heteroatoms. The van der Waals surface area contributed by atoms with E-state index in [4.69, 9.17) is 0 Å². The zero-order valence-electron chi connectivity index (χ0n) is 10.1. The summed E-state index contributed by atoms with van der Waals surface area (Å²) in [6.07, 6.45) is 2.99. The number of nitrogens with one attached hydrogen (secondary N) is 2. The first-order valence-electron chi connectivity index (χ1n) is 5.38. The predicted molar refractivity (Wildman–Crippen MR) is 69.6 cm³/mol. The van der Waals surface area contributed by atoms with Crippen molar-refractivity contribution in [3.05, 3.63) is 34.2 Å². The van der Waals surface area contributed by atoms with Crippen LogP contribution in [-0.2, 0) is 6.54 Å². The van der Waals surface area contributed by atoms with Crippen LogP contribution >= 0.6 is 11.3 Å². The molecule has 0 fully saturated rings. The minimum atomic E-state index is -0.257. The lowest BCUT2D eigenvalue weighted by Gasteiger charge is -2.03. The van der Waals surface area contributed by atoms with Crippen LogP contribution in [0.1, 0.15) is 21.2 Å². The molecule has 2 rings (SSSR count). The number of rotatable bonds is 4. The van der Waals surface area contributed by atoms with Gasteiger partial charge in [0.1, 0.15) is 16.5 Å². The van der Waals surface area contributed by atoms with E-state index >= 15 is 0 Å². The van der Waals surface area contributed by atoms with Crippen LogP contribution in [0.4, 0.5) is 5.82 Å². The quantitative estimate of drug-likeness (QED) is 0.866. The Kier molecular flexibility index (Phi) is 3.83. The van der Waals surface area contributed by atoms with E-state index in [0.29, 0.717) is 12.4 Å². The van der Waals surface area contributed by atoms with Crippen LogP contribution in [0.15, 0.2) is 17.8 Å². The van der Waals surface area contributed by atoms with Crippen molar-refractivity contribution in [2.24, 2.45) is 0 Å². The summed E-state index contributed by atoms with van der Waals surface area (Å²) in [5.74, 6) is 0.306. The fourth-order valence-electron chi connectivity index (χ4n) is 1.33. The van der Waals surface area contributed by atoms with Crippen molar-refractivity contribution >= 4 is 23.1 Å². The average molecular weight is 263 g/mol. The second-order valence-electron chi connectivity index (χ2n) is 3.60. The van der Waals surface area contributed by atoms with E-state index < -0.39 is 0 Å². The lowest BCUT2D eigenvalue weighted by molar-refractivity contribution is 0.0945. The highest BCUT2D eigenvalue weighted by Crippen LogP contribution is 2.08. The van der Waals surface area contributed by atoms with Crippen molar-refractivity contribution < 1.29 is 4.79 Å². The number of hydrogen-bond acceptors (Lipinski definition) is 6. The molecule has 0 atom stereocenters. The number of hydrogen-bond donors (Lipinski definition) is 2. The SMILES string of the molecule is CNc1cncc(C(=O)NCc2nc(C)cs2)n1. The number of amides is 1. The van der Waals surface area contributed by atoms with Crippen LogP contribution in [0.25, 0.3) is 0 Å². The van der Waals surface area contributed by atoms with Gasteiger partial charge in [-0.25, -0.2) is 9.97 Å².